The minimum atomic E-state index is -0.282. The molecule has 1 N–H and O–H groups in total. The van der Waals surface area contributed by atoms with E-state index in [1.54, 1.807) is 6.21 Å². The van der Waals surface area contributed by atoms with Crippen LogP contribution in [0.5, 0.6) is 5.75 Å². The number of rotatable bonds is 6. The lowest BCUT2D eigenvalue weighted by atomic mass is 10.2. The Balaban J connectivity index is 1.63. The van der Waals surface area contributed by atoms with Crippen molar-refractivity contribution in [2.24, 2.45) is 5.10 Å². The molecule has 1 heterocycles. The fourth-order valence-electron chi connectivity index (χ4n) is 2.25. The van der Waals surface area contributed by atoms with Crippen molar-refractivity contribution in [2.45, 2.75) is 13.5 Å². The number of fused-ring (bicyclic) bond motifs is 1. The van der Waals surface area contributed by atoms with Gasteiger partial charge in [-0.05, 0) is 31.2 Å². The van der Waals surface area contributed by atoms with Crippen LogP contribution < -0.4 is 10.2 Å². The van der Waals surface area contributed by atoms with Gasteiger partial charge in [-0.3, -0.25) is 4.79 Å². The third kappa shape index (κ3) is 3.57. The number of para-hydroxylation sites is 2. The van der Waals surface area contributed by atoms with Crippen LogP contribution in [0.4, 0.5) is 0 Å². The molecule has 0 aliphatic carbocycles. The normalized spacial score (nSPS) is 11.0. The molecule has 1 amide bonds. The molecule has 0 spiro atoms. The van der Waals surface area contributed by atoms with Crippen molar-refractivity contribution in [1.29, 1.82) is 0 Å². The second kappa shape index (κ2) is 7.36. The van der Waals surface area contributed by atoms with Gasteiger partial charge in [0.25, 0.3) is 5.91 Å². The summed E-state index contributed by atoms with van der Waals surface area (Å²) in [5.74, 6) is 0.441. The Morgan fingerprint density at radius 3 is 2.92 bits per heavy atom. The summed E-state index contributed by atoms with van der Waals surface area (Å²) in [5.41, 5.74) is 4.84. The van der Waals surface area contributed by atoms with Crippen molar-refractivity contribution in [2.75, 3.05) is 6.61 Å². The van der Waals surface area contributed by atoms with E-state index in [1.807, 2.05) is 55.5 Å². The van der Waals surface area contributed by atoms with E-state index in [0.717, 1.165) is 22.3 Å². The molecular formula is C17H17N5O2. The lowest BCUT2D eigenvalue weighted by molar-refractivity contribution is -0.121. The average Bonchev–Trinajstić information content (AvgIpc) is 3.00. The number of aromatic nitrogens is 3. The van der Waals surface area contributed by atoms with Gasteiger partial charge in [0.05, 0.1) is 18.3 Å². The van der Waals surface area contributed by atoms with Crippen molar-refractivity contribution in [1.82, 2.24) is 20.4 Å². The Morgan fingerprint density at radius 1 is 1.25 bits per heavy atom. The third-order valence-electron chi connectivity index (χ3n) is 3.33. The van der Waals surface area contributed by atoms with Crippen molar-refractivity contribution >= 4 is 23.2 Å². The maximum atomic E-state index is 12.0. The number of benzene rings is 2. The van der Waals surface area contributed by atoms with Crippen LogP contribution >= 0.6 is 0 Å². The predicted octanol–water partition coefficient (Wildman–Crippen LogP) is 1.98. The lowest BCUT2D eigenvalue weighted by Crippen LogP contribution is -2.23. The number of nitrogens with one attached hydrogen (secondary N) is 1. The van der Waals surface area contributed by atoms with E-state index in [4.69, 9.17) is 4.74 Å². The van der Waals surface area contributed by atoms with E-state index in [-0.39, 0.29) is 12.5 Å². The van der Waals surface area contributed by atoms with Gasteiger partial charge in [0.15, 0.2) is 0 Å². The topological polar surface area (TPSA) is 81.4 Å². The number of hydrazone groups is 1. The van der Waals surface area contributed by atoms with Crippen LogP contribution in [0.25, 0.3) is 11.0 Å². The summed E-state index contributed by atoms with van der Waals surface area (Å²) < 4.78 is 7.04. The highest BCUT2D eigenvalue weighted by molar-refractivity contribution is 5.85. The first-order valence-corrected chi connectivity index (χ1v) is 7.60. The Labute approximate surface area is 138 Å². The minimum absolute atomic E-state index is 0.0466. The molecule has 0 atom stereocenters. The Bertz CT molecular complexity index is 872. The van der Waals surface area contributed by atoms with Crippen molar-refractivity contribution < 1.29 is 9.53 Å². The first-order valence-electron chi connectivity index (χ1n) is 7.60. The quantitative estimate of drug-likeness (QED) is 0.555. The van der Waals surface area contributed by atoms with Gasteiger partial charge in [-0.1, -0.05) is 29.5 Å². The summed E-state index contributed by atoms with van der Waals surface area (Å²) in [6.45, 7) is 2.53. The molecule has 0 unspecified atom stereocenters. The molecule has 7 nitrogen and oxygen atoms in total. The monoisotopic (exact) mass is 323 g/mol. The summed E-state index contributed by atoms with van der Waals surface area (Å²) in [5, 5.41) is 12.0. The summed E-state index contributed by atoms with van der Waals surface area (Å²) >= 11 is 0. The van der Waals surface area contributed by atoms with E-state index < -0.39 is 0 Å². The molecule has 3 aromatic rings. The molecule has 122 valence electrons. The molecule has 0 aliphatic heterocycles. The second-order valence-corrected chi connectivity index (χ2v) is 5.00. The largest absolute Gasteiger partial charge is 0.493 e. The van der Waals surface area contributed by atoms with Crippen LogP contribution in [0.2, 0.25) is 0 Å². The fourth-order valence-corrected chi connectivity index (χ4v) is 2.25. The fraction of sp³-hybridized carbons (Fsp3) is 0.176. The maximum Gasteiger partial charge on any atom is 0.261 e. The number of nitrogens with zero attached hydrogens (tertiary/aromatic N) is 4. The molecule has 0 saturated heterocycles. The van der Waals surface area contributed by atoms with Gasteiger partial charge in [-0.15, -0.1) is 5.10 Å². The molecule has 2 aromatic carbocycles. The highest BCUT2D eigenvalue weighted by Gasteiger charge is 2.07. The Kier molecular flexibility index (Phi) is 4.81. The van der Waals surface area contributed by atoms with E-state index in [2.05, 4.69) is 20.8 Å². The van der Waals surface area contributed by atoms with Crippen molar-refractivity contribution in [3.05, 3.63) is 54.1 Å². The van der Waals surface area contributed by atoms with Crippen LogP contribution in [0.3, 0.4) is 0 Å². The lowest BCUT2D eigenvalue weighted by Gasteiger charge is -2.06. The molecule has 0 aliphatic rings. The van der Waals surface area contributed by atoms with Crippen molar-refractivity contribution in [3.8, 4) is 5.75 Å². The van der Waals surface area contributed by atoms with Gasteiger partial charge >= 0.3 is 0 Å². The molecule has 0 radical (unpaired) electrons. The highest BCUT2D eigenvalue weighted by Crippen LogP contribution is 2.15. The number of carbonyl (C=O) groups is 1. The summed E-state index contributed by atoms with van der Waals surface area (Å²) in [6.07, 6.45) is 1.56. The van der Waals surface area contributed by atoms with E-state index in [9.17, 15) is 4.79 Å². The number of ether oxygens (including phenoxy) is 1. The molecule has 0 saturated carbocycles. The van der Waals surface area contributed by atoms with Gasteiger partial charge < -0.3 is 4.74 Å². The zero-order valence-electron chi connectivity index (χ0n) is 13.2. The molecule has 0 fully saturated rings. The van der Waals surface area contributed by atoms with Crippen LogP contribution in [-0.2, 0) is 11.3 Å². The van der Waals surface area contributed by atoms with Crippen LogP contribution in [0.1, 0.15) is 12.5 Å². The molecular weight excluding hydrogens is 306 g/mol. The number of amides is 1. The first-order chi connectivity index (χ1) is 11.8. The number of carbonyl (C=O) groups excluding carboxylic acids is 1. The predicted molar refractivity (Wildman–Crippen MR) is 90.9 cm³/mol. The molecule has 24 heavy (non-hydrogen) atoms. The maximum absolute atomic E-state index is 12.0. The van der Waals surface area contributed by atoms with Gasteiger partial charge in [0, 0.05) is 5.56 Å². The SMILES string of the molecule is CCOc1ccccc1C=NNC(=O)Cn1nnc2ccccc21. The smallest absolute Gasteiger partial charge is 0.261 e. The number of hydrogen-bond acceptors (Lipinski definition) is 5. The highest BCUT2D eigenvalue weighted by atomic mass is 16.5. The van der Waals surface area contributed by atoms with E-state index in [0.29, 0.717) is 6.61 Å². The molecule has 7 heteroatoms. The van der Waals surface area contributed by atoms with Gasteiger partial charge in [0.1, 0.15) is 17.8 Å². The van der Waals surface area contributed by atoms with Crippen molar-refractivity contribution in [3.63, 3.8) is 0 Å². The van der Waals surface area contributed by atoms with Crippen LogP contribution in [-0.4, -0.2) is 33.7 Å². The zero-order chi connectivity index (χ0) is 16.8. The average molecular weight is 323 g/mol. The van der Waals surface area contributed by atoms with E-state index >= 15 is 0 Å². The summed E-state index contributed by atoms with van der Waals surface area (Å²) in [4.78, 5) is 12.0. The number of hydrogen-bond donors (Lipinski definition) is 1. The van der Waals surface area contributed by atoms with E-state index in [1.165, 1.54) is 4.68 Å². The minimum Gasteiger partial charge on any atom is -0.493 e. The van der Waals surface area contributed by atoms with Crippen LogP contribution in [0, 0.1) is 0 Å². The Hall–Kier alpha value is -3.22. The zero-order valence-corrected chi connectivity index (χ0v) is 13.2. The molecule has 1 aromatic heterocycles. The second-order valence-electron chi connectivity index (χ2n) is 5.00. The summed E-state index contributed by atoms with van der Waals surface area (Å²) in [7, 11) is 0. The van der Waals surface area contributed by atoms with Crippen LogP contribution in [0.15, 0.2) is 53.6 Å². The Morgan fingerprint density at radius 2 is 2.04 bits per heavy atom. The molecule has 0 bridgehead atoms. The van der Waals surface area contributed by atoms with Gasteiger partial charge in [0.2, 0.25) is 0 Å². The van der Waals surface area contributed by atoms with Gasteiger partial charge in [-0.2, -0.15) is 5.10 Å². The molecule has 3 rings (SSSR count). The standard InChI is InChI=1S/C17H17N5O2/c1-2-24-16-10-6-3-7-13(16)11-18-20-17(23)12-22-15-9-5-4-8-14(15)19-21-22/h3-11H,2,12H2,1H3,(H,20,23). The first kappa shape index (κ1) is 15.7. The summed E-state index contributed by atoms with van der Waals surface area (Å²) in [6, 6.07) is 15.0. The third-order valence-corrected chi connectivity index (χ3v) is 3.33. The van der Waals surface area contributed by atoms with Gasteiger partial charge in [-0.25, -0.2) is 10.1 Å².